The van der Waals surface area contributed by atoms with Crippen molar-refractivity contribution in [2.24, 2.45) is 0 Å². The van der Waals surface area contributed by atoms with Gasteiger partial charge >= 0.3 is 0 Å². The highest BCUT2D eigenvalue weighted by atomic mass is 16.3. The molecule has 0 aliphatic heterocycles. The number of unbranched alkanes of at least 4 members (excludes halogenated alkanes) is 40. The van der Waals surface area contributed by atoms with Gasteiger partial charge in [0.2, 0.25) is 5.91 Å². The van der Waals surface area contributed by atoms with Gasteiger partial charge in [0.05, 0.1) is 18.8 Å². The first kappa shape index (κ1) is 62.8. The molecule has 6 heteroatoms. The molecule has 64 heavy (non-hydrogen) atoms. The minimum absolute atomic E-state index is 0.364. The molecule has 0 rings (SSSR count). The lowest BCUT2D eigenvalue weighted by Crippen LogP contribution is -2.53. The van der Waals surface area contributed by atoms with Crippen molar-refractivity contribution in [3.8, 4) is 0 Å². The van der Waals surface area contributed by atoms with Crippen molar-refractivity contribution in [2.45, 2.75) is 334 Å². The van der Waals surface area contributed by atoms with Crippen LogP contribution < -0.4 is 5.32 Å². The van der Waals surface area contributed by atoms with Crippen LogP contribution in [0.3, 0.4) is 0 Å². The van der Waals surface area contributed by atoms with Crippen LogP contribution in [0.4, 0.5) is 0 Å². The van der Waals surface area contributed by atoms with Crippen LogP contribution in [-0.2, 0) is 4.79 Å². The zero-order chi connectivity index (χ0) is 46.7. The molecule has 0 aromatic carbocycles. The van der Waals surface area contributed by atoms with Gasteiger partial charge in [-0.05, 0) is 51.4 Å². The van der Waals surface area contributed by atoms with E-state index < -0.39 is 36.9 Å². The summed E-state index contributed by atoms with van der Waals surface area (Å²) in [7, 11) is 0. The highest BCUT2D eigenvalue weighted by molar-refractivity contribution is 5.80. The van der Waals surface area contributed by atoms with E-state index in [1.165, 1.54) is 238 Å². The lowest BCUT2D eigenvalue weighted by atomic mass is 10.00. The van der Waals surface area contributed by atoms with E-state index >= 15 is 0 Å². The molecule has 6 nitrogen and oxygen atoms in total. The maximum atomic E-state index is 12.6. The minimum Gasteiger partial charge on any atom is -0.394 e. The largest absolute Gasteiger partial charge is 0.394 e. The first-order chi connectivity index (χ1) is 31.5. The van der Waals surface area contributed by atoms with Gasteiger partial charge < -0.3 is 25.7 Å². The Kier molecular flexibility index (Phi) is 51.8. The summed E-state index contributed by atoms with van der Waals surface area (Å²) in [5.41, 5.74) is 0. The zero-order valence-electron chi connectivity index (χ0n) is 43.0. The topological polar surface area (TPSA) is 110 Å². The SMILES string of the molecule is CCCCCCC/C=C/CC/C=C/CCCC(O)C(O)C(CO)NC(=O)C(O)CCCCCCCCCCCCCCCCCCCCCCCCCCCCCCCCCCCC. The molecule has 0 aliphatic carbocycles. The summed E-state index contributed by atoms with van der Waals surface area (Å²) in [6, 6.07) is -1.01. The van der Waals surface area contributed by atoms with E-state index in [-0.39, 0.29) is 0 Å². The molecule has 0 saturated carbocycles. The Morgan fingerprint density at radius 1 is 0.375 bits per heavy atom. The van der Waals surface area contributed by atoms with Gasteiger partial charge in [-0.1, -0.05) is 282 Å². The first-order valence-electron chi connectivity index (χ1n) is 28.7. The number of hydrogen-bond acceptors (Lipinski definition) is 5. The zero-order valence-corrected chi connectivity index (χ0v) is 43.0. The molecule has 0 spiro atoms. The van der Waals surface area contributed by atoms with Crippen molar-refractivity contribution in [1.82, 2.24) is 5.32 Å². The molecule has 0 aromatic rings. The predicted molar refractivity (Wildman–Crippen MR) is 279 cm³/mol. The number of amides is 1. The smallest absolute Gasteiger partial charge is 0.249 e. The van der Waals surface area contributed by atoms with E-state index in [4.69, 9.17) is 0 Å². The van der Waals surface area contributed by atoms with Crippen LogP contribution in [0.1, 0.15) is 309 Å². The summed E-state index contributed by atoms with van der Waals surface area (Å²) in [6.07, 6.45) is 64.2. The second-order valence-corrected chi connectivity index (χ2v) is 20.0. The standard InChI is InChI=1S/C58H113NO5/c1-3-5-7-9-11-13-15-17-19-20-21-22-23-24-25-26-27-28-29-30-31-32-33-34-35-36-37-38-40-42-44-46-48-50-52-56(62)58(64)59-54(53-60)57(63)55(61)51-49-47-45-43-41-39-18-16-14-12-10-8-6-4-2/h16,18,43,45,54-57,60-63H,3-15,17,19-42,44,46-53H2,1-2H3,(H,59,64)/b18-16+,45-43+. The molecule has 4 unspecified atom stereocenters. The summed E-state index contributed by atoms with van der Waals surface area (Å²) >= 11 is 0. The molecule has 0 heterocycles. The molecule has 0 aliphatic rings. The molecule has 0 radical (unpaired) electrons. The van der Waals surface area contributed by atoms with Crippen molar-refractivity contribution in [3.05, 3.63) is 24.3 Å². The fourth-order valence-electron chi connectivity index (χ4n) is 9.13. The number of aliphatic hydroxyl groups excluding tert-OH is 4. The van der Waals surface area contributed by atoms with Crippen molar-refractivity contribution >= 4 is 5.91 Å². The molecule has 5 N–H and O–H groups in total. The molecule has 1 amide bonds. The minimum atomic E-state index is -1.29. The summed E-state index contributed by atoms with van der Waals surface area (Å²) in [5, 5.41) is 43.8. The van der Waals surface area contributed by atoms with Crippen LogP contribution in [0, 0.1) is 0 Å². The van der Waals surface area contributed by atoms with E-state index in [0.717, 1.165) is 38.5 Å². The van der Waals surface area contributed by atoms with E-state index in [1.807, 2.05) is 0 Å². The van der Waals surface area contributed by atoms with E-state index in [1.54, 1.807) is 0 Å². The third-order valence-electron chi connectivity index (χ3n) is 13.6. The molecule has 0 aromatic heterocycles. The Labute approximate surface area is 399 Å². The Hall–Kier alpha value is -1.21. The quantitative estimate of drug-likeness (QED) is 0.0308. The maximum Gasteiger partial charge on any atom is 0.249 e. The second-order valence-electron chi connectivity index (χ2n) is 20.0. The van der Waals surface area contributed by atoms with Crippen LogP contribution in [0.5, 0.6) is 0 Å². The monoisotopic (exact) mass is 904 g/mol. The molecule has 0 fully saturated rings. The molecular weight excluding hydrogens is 791 g/mol. The summed E-state index contributed by atoms with van der Waals surface area (Å²) in [4.78, 5) is 12.6. The maximum absolute atomic E-state index is 12.6. The number of aliphatic hydroxyl groups is 4. The lowest BCUT2D eigenvalue weighted by molar-refractivity contribution is -0.132. The fraction of sp³-hybridized carbons (Fsp3) is 0.914. The highest BCUT2D eigenvalue weighted by Crippen LogP contribution is 2.18. The Bertz CT molecular complexity index is 970. The van der Waals surface area contributed by atoms with Crippen LogP contribution in [-0.4, -0.2) is 57.3 Å². The van der Waals surface area contributed by atoms with E-state index in [9.17, 15) is 25.2 Å². The number of carbonyl (C=O) groups is 1. The van der Waals surface area contributed by atoms with Crippen LogP contribution in [0.2, 0.25) is 0 Å². The van der Waals surface area contributed by atoms with Crippen LogP contribution >= 0.6 is 0 Å². The highest BCUT2D eigenvalue weighted by Gasteiger charge is 2.28. The lowest BCUT2D eigenvalue weighted by Gasteiger charge is -2.27. The van der Waals surface area contributed by atoms with Crippen LogP contribution in [0.15, 0.2) is 24.3 Å². The Balaban J connectivity index is 3.53. The Morgan fingerprint density at radius 2 is 0.656 bits per heavy atom. The number of allylic oxidation sites excluding steroid dienone is 4. The van der Waals surface area contributed by atoms with Crippen molar-refractivity contribution in [2.75, 3.05) is 6.61 Å². The third-order valence-corrected chi connectivity index (χ3v) is 13.6. The molecule has 4 atom stereocenters. The first-order valence-corrected chi connectivity index (χ1v) is 28.7. The van der Waals surface area contributed by atoms with Gasteiger partial charge in [0, 0.05) is 0 Å². The van der Waals surface area contributed by atoms with Gasteiger partial charge in [-0.15, -0.1) is 0 Å². The van der Waals surface area contributed by atoms with Gasteiger partial charge in [-0.25, -0.2) is 0 Å². The van der Waals surface area contributed by atoms with Crippen molar-refractivity contribution in [1.29, 1.82) is 0 Å². The van der Waals surface area contributed by atoms with Gasteiger partial charge in [0.25, 0.3) is 0 Å². The number of nitrogens with one attached hydrogen (secondary N) is 1. The van der Waals surface area contributed by atoms with Crippen LogP contribution in [0.25, 0.3) is 0 Å². The van der Waals surface area contributed by atoms with Gasteiger partial charge in [0.1, 0.15) is 12.2 Å². The molecular formula is C58H113NO5. The number of carbonyl (C=O) groups excluding carboxylic acids is 1. The summed E-state index contributed by atoms with van der Waals surface area (Å²) < 4.78 is 0. The number of hydrogen-bond donors (Lipinski definition) is 5. The van der Waals surface area contributed by atoms with Gasteiger partial charge in [-0.2, -0.15) is 0 Å². The third kappa shape index (κ3) is 45.9. The fourth-order valence-corrected chi connectivity index (χ4v) is 9.13. The number of rotatable bonds is 53. The van der Waals surface area contributed by atoms with Crippen molar-refractivity contribution < 1.29 is 25.2 Å². The van der Waals surface area contributed by atoms with E-state index in [0.29, 0.717) is 19.3 Å². The molecule has 0 saturated heterocycles. The second kappa shape index (κ2) is 52.8. The molecule has 0 bridgehead atoms. The van der Waals surface area contributed by atoms with Crippen molar-refractivity contribution in [3.63, 3.8) is 0 Å². The summed E-state index contributed by atoms with van der Waals surface area (Å²) in [5.74, 6) is -0.593. The average Bonchev–Trinajstić information content (AvgIpc) is 3.30. The average molecular weight is 905 g/mol. The normalized spacial score (nSPS) is 13.9. The predicted octanol–water partition coefficient (Wildman–Crippen LogP) is 16.6. The van der Waals surface area contributed by atoms with Gasteiger partial charge in [0.15, 0.2) is 0 Å². The van der Waals surface area contributed by atoms with E-state index in [2.05, 4.69) is 43.5 Å². The summed E-state index contributed by atoms with van der Waals surface area (Å²) in [6.45, 7) is 4.05. The molecule has 380 valence electrons. The Morgan fingerprint density at radius 3 is 0.984 bits per heavy atom. The van der Waals surface area contributed by atoms with Gasteiger partial charge in [-0.3, -0.25) is 4.79 Å².